The van der Waals surface area contributed by atoms with E-state index in [0.717, 1.165) is 0 Å². The predicted molar refractivity (Wildman–Crippen MR) is 62.8 cm³/mol. The molecule has 0 spiro atoms. The quantitative estimate of drug-likeness (QED) is 0.624. The second kappa shape index (κ2) is 6.06. The summed E-state index contributed by atoms with van der Waals surface area (Å²) in [5.41, 5.74) is -0.0629. The van der Waals surface area contributed by atoms with Crippen molar-refractivity contribution < 1.29 is 23.9 Å². The number of aromatic nitrogens is 1. The van der Waals surface area contributed by atoms with Gasteiger partial charge in [0.25, 0.3) is 0 Å². The number of rotatable bonds is 4. The molecule has 0 fully saturated rings. The molecule has 0 bridgehead atoms. The molecule has 0 radical (unpaired) electrons. The molecule has 0 aromatic carbocycles. The molecule has 1 amide bonds. The number of amides is 1. The van der Waals surface area contributed by atoms with Crippen LogP contribution < -0.4 is 5.32 Å². The van der Waals surface area contributed by atoms with Gasteiger partial charge in [-0.25, -0.2) is 9.59 Å². The Morgan fingerprint density at radius 1 is 1.28 bits per heavy atom. The van der Waals surface area contributed by atoms with Gasteiger partial charge in [-0.15, -0.1) is 11.6 Å². The highest BCUT2D eigenvalue weighted by Crippen LogP contribution is 2.22. The Kier molecular flexibility index (Phi) is 4.73. The highest BCUT2D eigenvalue weighted by Gasteiger charge is 2.24. The number of alkyl halides is 1. The highest BCUT2D eigenvalue weighted by molar-refractivity contribution is 6.29. The number of halogens is 1. The number of esters is 2. The van der Waals surface area contributed by atoms with Crippen LogP contribution in [0, 0.1) is 0 Å². The summed E-state index contributed by atoms with van der Waals surface area (Å²) < 4.78 is 9.04. The van der Waals surface area contributed by atoms with Crippen molar-refractivity contribution in [2.75, 3.05) is 25.4 Å². The fourth-order valence-corrected chi connectivity index (χ4v) is 1.33. The van der Waals surface area contributed by atoms with Crippen LogP contribution in [-0.2, 0) is 14.3 Å². The molecule has 98 valence electrons. The van der Waals surface area contributed by atoms with Crippen molar-refractivity contribution in [3.8, 4) is 0 Å². The van der Waals surface area contributed by atoms with E-state index in [0.29, 0.717) is 0 Å². The smallest absolute Gasteiger partial charge is 0.356 e. The number of hydrogen-bond acceptors (Lipinski definition) is 5. The fraction of sp³-hybridized carbons (Fsp3) is 0.300. The van der Waals surface area contributed by atoms with Crippen LogP contribution in [0.4, 0.5) is 5.69 Å². The molecule has 0 aliphatic rings. The van der Waals surface area contributed by atoms with Crippen molar-refractivity contribution in [3.63, 3.8) is 0 Å². The molecular weight excluding hydrogens is 264 g/mol. The van der Waals surface area contributed by atoms with E-state index in [1.54, 1.807) is 0 Å². The zero-order valence-corrected chi connectivity index (χ0v) is 10.5. The lowest BCUT2D eigenvalue weighted by molar-refractivity contribution is -0.113. The van der Waals surface area contributed by atoms with Gasteiger partial charge in [0.05, 0.1) is 19.9 Å². The van der Waals surface area contributed by atoms with Gasteiger partial charge in [-0.2, -0.15) is 0 Å². The third-order valence-corrected chi connectivity index (χ3v) is 2.30. The SMILES string of the molecule is COC(=O)c1c[nH]c(C(=O)OC)c1NC(=O)CCl. The number of nitrogens with one attached hydrogen (secondary N) is 2. The standard InChI is InChI=1S/C10H11ClN2O5/c1-17-9(15)5-4-12-8(10(16)18-2)7(5)13-6(14)3-11/h4,12H,3H2,1-2H3,(H,13,14). The van der Waals surface area contributed by atoms with Gasteiger partial charge >= 0.3 is 11.9 Å². The van der Waals surface area contributed by atoms with E-state index in [4.69, 9.17) is 11.6 Å². The van der Waals surface area contributed by atoms with Crippen LogP contribution in [0.5, 0.6) is 0 Å². The Morgan fingerprint density at radius 2 is 1.89 bits per heavy atom. The largest absolute Gasteiger partial charge is 0.465 e. The Hall–Kier alpha value is -2.02. The first kappa shape index (κ1) is 14.0. The number of methoxy groups -OCH3 is 2. The van der Waals surface area contributed by atoms with Crippen LogP contribution in [0.1, 0.15) is 20.8 Å². The number of aromatic amines is 1. The molecule has 18 heavy (non-hydrogen) atoms. The molecule has 8 heteroatoms. The highest BCUT2D eigenvalue weighted by atomic mass is 35.5. The second-order valence-electron chi connectivity index (χ2n) is 3.12. The maximum atomic E-state index is 11.4. The van der Waals surface area contributed by atoms with Crippen LogP contribution in [0.2, 0.25) is 0 Å². The lowest BCUT2D eigenvalue weighted by Gasteiger charge is -2.06. The van der Waals surface area contributed by atoms with Crippen LogP contribution in [0.15, 0.2) is 6.20 Å². The van der Waals surface area contributed by atoms with Crippen molar-refractivity contribution in [1.82, 2.24) is 4.98 Å². The molecule has 1 heterocycles. The molecule has 0 unspecified atom stereocenters. The Bertz CT molecular complexity index is 449. The number of H-pyrrole nitrogens is 1. The molecule has 1 rings (SSSR count). The lowest BCUT2D eigenvalue weighted by Crippen LogP contribution is -2.17. The van der Waals surface area contributed by atoms with Crippen molar-refractivity contribution >= 4 is 35.1 Å². The van der Waals surface area contributed by atoms with E-state index in [9.17, 15) is 14.4 Å². The summed E-state index contributed by atoms with van der Waals surface area (Å²) in [6.07, 6.45) is 1.24. The Morgan fingerprint density at radius 3 is 2.39 bits per heavy atom. The first-order valence-corrected chi connectivity index (χ1v) is 5.32. The molecule has 0 atom stereocenters. The van der Waals surface area contributed by atoms with Gasteiger partial charge in [-0.3, -0.25) is 4.79 Å². The minimum absolute atomic E-state index is 0.0105. The molecular formula is C10H11ClN2O5. The first-order chi connectivity index (χ1) is 8.54. The molecule has 0 aliphatic heterocycles. The molecule has 1 aromatic rings. The summed E-state index contributed by atoms with van der Waals surface area (Å²) in [5.74, 6) is -2.31. The predicted octanol–water partition coefficient (Wildman–Crippen LogP) is 0.765. The number of ether oxygens (including phenoxy) is 2. The molecule has 0 saturated heterocycles. The van der Waals surface area contributed by atoms with Gasteiger partial charge in [0, 0.05) is 6.20 Å². The van der Waals surface area contributed by atoms with Crippen LogP contribution >= 0.6 is 11.6 Å². The molecule has 1 aromatic heterocycles. The van der Waals surface area contributed by atoms with Gasteiger partial charge in [0.1, 0.15) is 17.1 Å². The monoisotopic (exact) mass is 274 g/mol. The third kappa shape index (κ3) is 2.80. The van der Waals surface area contributed by atoms with E-state index < -0.39 is 17.8 Å². The number of hydrogen-bond donors (Lipinski definition) is 2. The average Bonchev–Trinajstić information content (AvgIpc) is 2.80. The molecule has 0 aliphatic carbocycles. The van der Waals surface area contributed by atoms with E-state index in [2.05, 4.69) is 19.8 Å². The van der Waals surface area contributed by atoms with Crippen LogP contribution in [0.25, 0.3) is 0 Å². The molecule has 2 N–H and O–H groups in total. The van der Waals surface area contributed by atoms with E-state index in [-0.39, 0.29) is 22.8 Å². The first-order valence-electron chi connectivity index (χ1n) is 4.79. The minimum atomic E-state index is -0.727. The van der Waals surface area contributed by atoms with Gasteiger partial charge in [0.2, 0.25) is 5.91 Å². The topological polar surface area (TPSA) is 97.5 Å². The van der Waals surface area contributed by atoms with Gasteiger partial charge < -0.3 is 19.8 Å². The summed E-state index contributed by atoms with van der Waals surface area (Å²) in [6.45, 7) is 0. The van der Waals surface area contributed by atoms with Crippen molar-refractivity contribution in [2.45, 2.75) is 0 Å². The summed E-state index contributed by atoms with van der Waals surface area (Å²) in [7, 11) is 2.36. The van der Waals surface area contributed by atoms with Crippen molar-refractivity contribution in [3.05, 3.63) is 17.5 Å². The average molecular weight is 275 g/mol. The van der Waals surface area contributed by atoms with Gasteiger partial charge in [-0.1, -0.05) is 0 Å². The number of carbonyl (C=O) groups is 3. The van der Waals surface area contributed by atoms with Crippen molar-refractivity contribution in [1.29, 1.82) is 0 Å². The number of anilines is 1. The van der Waals surface area contributed by atoms with E-state index >= 15 is 0 Å². The summed E-state index contributed by atoms with van der Waals surface area (Å²) in [4.78, 5) is 36.7. The zero-order valence-electron chi connectivity index (χ0n) is 9.70. The van der Waals surface area contributed by atoms with Gasteiger partial charge in [0.15, 0.2) is 0 Å². The Labute approximate surface area is 107 Å². The third-order valence-electron chi connectivity index (χ3n) is 2.06. The number of carbonyl (C=O) groups excluding carboxylic acids is 3. The summed E-state index contributed by atoms with van der Waals surface area (Å²) in [6, 6.07) is 0. The normalized spacial score (nSPS) is 9.72. The summed E-state index contributed by atoms with van der Waals surface area (Å²) in [5, 5.41) is 2.34. The fourth-order valence-electron chi connectivity index (χ4n) is 1.26. The summed E-state index contributed by atoms with van der Waals surface area (Å²) >= 11 is 5.35. The molecule has 7 nitrogen and oxygen atoms in total. The minimum Gasteiger partial charge on any atom is -0.465 e. The van der Waals surface area contributed by atoms with Gasteiger partial charge in [-0.05, 0) is 0 Å². The zero-order chi connectivity index (χ0) is 13.7. The maximum Gasteiger partial charge on any atom is 0.356 e. The second-order valence-corrected chi connectivity index (χ2v) is 3.38. The van der Waals surface area contributed by atoms with Crippen LogP contribution in [0.3, 0.4) is 0 Å². The van der Waals surface area contributed by atoms with E-state index in [1.807, 2.05) is 0 Å². The van der Waals surface area contributed by atoms with Crippen LogP contribution in [-0.4, -0.2) is 42.9 Å². The Balaban J connectivity index is 3.20. The molecule has 0 saturated carbocycles. The van der Waals surface area contributed by atoms with E-state index in [1.165, 1.54) is 20.4 Å². The lowest BCUT2D eigenvalue weighted by atomic mass is 10.2. The van der Waals surface area contributed by atoms with Crippen molar-refractivity contribution in [2.24, 2.45) is 0 Å². The maximum absolute atomic E-state index is 11.4.